The van der Waals surface area contributed by atoms with Crippen molar-refractivity contribution in [3.8, 4) is 0 Å². The minimum Gasteiger partial charge on any atom is -0.481 e. The highest BCUT2D eigenvalue weighted by Gasteiger charge is 2.06. The molecule has 0 aromatic heterocycles. The second-order valence-corrected chi connectivity index (χ2v) is 5.03. The van der Waals surface area contributed by atoms with Gasteiger partial charge in [0.2, 0.25) is 0 Å². The zero-order valence-corrected chi connectivity index (χ0v) is 11.8. The van der Waals surface area contributed by atoms with E-state index in [0.717, 1.165) is 26.1 Å². The summed E-state index contributed by atoms with van der Waals surface area (Å²) in [5, 5.41) is 11.9. The molecule has 0 saturated carbocycles. The summed E-state index contributed by atoms with van der Waals surface area (Å²) in [6.07, 6.45) is 1.20. The third kappa shape index (κ3) is 7.59. The summed E-state index contributed by atoms with van der Waals surface area (Å²) in [4.78, 5) is 12.8. The van der Waals surface area contributed by atoms with Crippen molar-refractivity contribution in [1.82, 2.24) is 10.2 Å². The van der Waals surface area contributed by atoms with E-state index in [1.807, 2.05) is 13.0 Å². The molecule has 0 fully saturated rings. The summed E-state index contributed by atoms with van der Waals surface area (Å²) in [5.74, 6) is -0.749. The van der Waals surface area contributed by atoms with Gasteiger partial charge in [0.25, 0.3) is 0 Å². The molecule has 0 radical (unpaired) electrons. The molecule has 0 aliphatic rings. The van der Waals surface area contributed by atoms with E-state index in [1.54, 1.807) is 0 Å². The molecule has 0 aliphatic heterocycles. The maximum atomic E-state index is 10.5. The lowest BCUT2D eigenvalue weighted by Gasteiger charge is -2.17. The van der Waals surface area contributed by atoms with Crippen molar-refractivity contribution in [3.05, 3.63) is 35.9 Å². The molecule has 4 heteroatoms. The van der Waals surface area contributed by atoms with Crippen LogP contribution in [0.5, 0.6) is 0 Å². The van der Waals surface area contributed by atoms with Crippen LogP contribution in [-0.2, 0) is 11.3 Å². The van der Waals surface area contributed by atoms with Crippen molar-refractivity contribution < 1.29 is 9.90 Å². The summed E-state index contributed by atoms with van der Waals surface area (Å²) in [5.41, 5.74) is 1.32. The smallest absolute Gasteiger partial charge is 0.304 e. The van der Waals surface area contributed by atoms with Crippen LogP contribution in [0.25, 0.3) is 0 Å². The van der Waals surface area contributed by atoms with Gasteiger partial charge in [-0.15, -0.1) is 0 Å². The quantitative estimate of drug-likeness (QED) is 0.670. The maximum absolute atomic E-state index is 10.5. The van der Waals surface area contributed by atoms with E-state index in [1.165, 1.54) is 5.56 Å². The number of hydrogen-bond acceptors (Lipinski definition) is 3. The van der Waals surface area contributed by atoms with Crippen LogP contribution in [-0.4, -0.2) is 42.2 Å². The second kappa shape index (κ2) is 8.67. The molecule has 0 saturated heterocycles. The molecule has 1 aromatic carbocycles. The fourth-order valence-corrected chi connectivity index (χ4v) is 2.01. The largest absolute Gasteiger partial charge is 0.481 e. The third-order valence-electron chi connectivity index (χ3n) is 2.99. The fraction of sp³-hybridized carbons (Fsp3) is 0.533. The molecular weight excluding hydrogens is 240 g/mol. The average Bonchev–Trinajstić information content (AvgIpc) is 2.35. The molecule has 106 valence electrons. The van der Waals surface area contributed by atoms with Gasteiger partial charge in [-0.25, -0.2) is 0 Å². The molecule has 4 nitrogen and oxygen atoms in total. The molecule has 0 spiro atoms. The number of nitrogens with one attached hydrogen (secondary N) is 1. The summed E-state index contributed by atoms with van der Waals surface area (Å²) >= 11 is 0. The first kappa shape index (κ1) is 15.7. The Morgan fingerprint density at radius 2 is 2.05 bits per heavy atom. The summed E-state index contributed by atoms with van der Waals surface area (Å²) in [6, 6.07) is 10.4. The molecule has 19 heavy (non-hydrogen) atoms. The summed E-state index contributed by atoms with van der Waals surface area (Å²) in [7, 11) is 2.10. The Hall–Kier alpha value is -1.39. The van der Waals surface area contributed by atoms with Gasteiger partial charge in [0.1, 0.15) is 0 Å². The van der Waals surface area contributed by atoms with Gasteiger partial charge in [-0.3, -0.25) is 4.79 Å². The van der Waals surface area contributed by atoms with Crippen LogP contribution < -0.4 is 5.32 Å². The Morgan fingerprint density at radius 3 is 2.68 bits per heavy atom. The van der Waals surface area contributed by atoms with Gasteiger partial charge in [-0.1, -0.05) is 30.3 Å². The fourth-order valence-electron chi connectivity index (χ4n) is 2.01. The lowest BCUT2D eigenvalue weighted by atomic mass is 10.2. The van der Waals surface area contributed by atoms with Gasteiger partial charge in [-0.05, 0) is 39.0 Å². The van der Waals surface area contributed by atoms with Gasteiger partial charge in [0.05, 0.1) is 6.42 Å². The molecule has 2 N–H and O–H groups in total. The molecule has 0 amide bonds. The molecule has 0 aliphatic carbocycles. The summed E-state index contributed by atoms with van der Waals surface area (Å²) in [6.45, 7) is 4.71. The van der Waals surface area contributed by atoms with Gasteiger partial charge in [0.15, 0.2) is 0 Å². The Kier molecular flexibility index (Phi) is 7.15. The van der Waals surface area contributed by atoms with Gasteiger partial charge < -0.3 is 15.3 Å². The molecule has 0 bridgehead atoms. The van der Waals surface area contributed by atoms with Gasteiger partial charge >= 0.3 is 5.97 Å². The number of benzene rings is 1. The number of carboxylic acid groups (broad SMARTS) is 1. The standard InChI is InChI=1S/C15H24N2O2/c1-13(11-15(18)19)16-9-6-10-17(2)12-14-7-4-3-5-8-14/h3-5,7-8,13,16H,6,9-12H2,1-2H3,(H,18,19). The number of carbonyl (C=O) groups is 1. The number of nitrogens with zero attached hydrogens (tertiary/aromatic N) is 1. The van der Waals surface area contributed by atoms with Crippen LogP contribution in [0, 0.1) is 0 Å². The predicted molar refractivity (Wildman–Crippen MR) is 77.1 cm³/mol. The molecule has 1 atom stereocenters. The predicted octanol–water partition coefficient (Wildman–Crippen LogP) is 1.96. The van der Waals surface area contributed by atoms with Crippen molar-refractivity contribution in [2.75, 3.05) is 20.1 Å². The van der Waals surface area contributed by atoms with E-state index < -0.39 is 5.97 Å². The van der Waals surface area contributed by atoms with E-state index >= 15 is 0 Å². The van der Waals surface area contributed by atoms with Crippen molar-refractivity contribution in [2.45, 2.75) is 32.4 Å². The monoisotopic (exact) mass is 264 g/mol. The van der Waals surface area contributed by atoms with Gasteiger partial charge in [-0.2, -0.15) is 0 Å². The van der Waals surface area contributed by atoms with Gasteiger partial charge in [0, 0.05) is 12.6 Å². The third-order valence-corrected chi connectivity index (χ3v) is 2.99. The Labute approximate surface area is 115 Å². The number of aliphatic carboxylic acids is 1. The van der Waals surface area contributed by atoms with Crippen LogP contribution in [0.4, 0.5) is 0 Å². The first-order valence-corrected chi connectivity index (χ1v) is 6.75. The molecular formula is C15H24N2O2. The van der Waals surface area contributed by atoms with Crippen LogP contribution in [0.2, 0.25) is 0 Å². The normalized spacial score (nSPS) is 12.6. The highest BCUT2D eigenvalue weighted by molar-refractivity contribution is 5.67. The first-order valence-electron chi connectivity index (χ1n) is 6.75. The molecule has 1 unspecified atom stereocenters. The van der Waals surface area contributed by atoms with Crippen LogP contribution in [0.15, 0.2) is 30.3 Å². The Bertz CT molecular complexity index is 368. The highest BCUT2D eigenvalue weighted by Crippen LogP contribution is 2.02. The zero-order valence-electron chi connectivity index (χ0n) is 11.8. The number of rotatable bonds is 9. The topological polar surface area (TPSA) is 52.6 Å². The van der Waals surface area contributed by atoms with Crippen molar-refractivity contribution >= 4 is 5.97 Å². The Morgan fingerprint density at radius 1 is 1.37 bits per heavy atom. The molecule has 1 aromatic rings. The van der Waals surface area contributed by atoms with E-state index in [9.17, 15) is 4.79 Å². The Balaban J connectivity index is 2.10. The second-order valence-electron chi connectivity index (χ2n) is 5.03. The van der Waals surface area contributed by atoms with E-state index in [2.05, 4.69) is 41.5 Å². The van der Waals surface area contributed by atoms with Crippen LogP contribution >= 0.6 is 0 Å². The molecule has 0 heterocycles. The molecule has 1 rings (SSSR count). The first-order chi connectivity index (χ1) is 9.08. The van der Waals surface area contributed by atoms with Crippen molar-refractivity contribution in [2.24, 2.45) is 0 Å². The van der Waals surface area contributed by atoms with Crippen LogP contribution in [0.3, 0.4) is 0 Å². The lowest BCUT2D eigenvalue weighted by molar-refractivity contribution is -0.137. The lowest BCUT2D eigenvalue weighted by Crippen LogP contribution is -2.31. The average molecular weight is 264 g/mol. The van der Waals surface area contributed by atoms with Crippen LogP contribution in [0.1, 0.15) is 25.3 Å². The van der Waals surface area contributed by atoms with E-state index in [-0.39, 0.29) is 12.5 Å². The van der Waals surface area contributed by atoms with E-state index in [4.69, 9.17) is 5.11 Å². The highest BCUT2D eigenvalue weighted by atomic mass is 16.4. The number of hydrogen-bond donors (Lipinski definition) is 2. The summed E-state index contributed by atoms with van der Waals surface area (Å²) < 4.78 is 0. The van der Waals surface area contributed by atoms with Crippen molar-refractivity contribution in [1.29, 1.82) is 0 Å². The van der Waals surface area contributed by atoms with E-state index in [0.29, 0.717) is 0 Å². The maximum Gasteiger partial charge on any atom is 0.304 e. The zero-order chi connectivity index (χ0) is 14.1. The number of carboxylic acids is 1. The van der Waals surface area contributed by atoms with Crippen molar-refractivity contribution in [3.63, 3.8) is 0 Å². The SMILES string of the molecule is CC(CC(=O)O)NCCCN(C)Cc1ccccc1. The minimum atomic E-state index is -0.749. The minimum absolute atomic E-state index is 0.0388.